The molecule has 1 aromatic rings. The second kappa shape index (κ2) is 6.20. The summed E-state index contributed by atoms with van der Waals surface area (Å²) in [5.41, 5.74) is 0.580. The number of benzene rings is 1. The minimum atomic E-state index is -3.67. The molecule has 1 atom stereocenters. The summed E-state index contributed by atoms with van der Waals surface area (Å²) in [6.45, 7) is 6.39. The van der Waals surface area contributed by atoms with Crippen molar-refractivity contribution in [1.82, 2.24) is 0 Å². The summed E-state index contributed by atoms with van der Waals surface area (Å²) in [7, 11) is -3.67. The normalized spacial score (nSPS) is 13.6. The van der Waals surface area contributed by atoms with Crippen LogP contribution in [0.5, 0.6) is 0 Å². The number of sulfonamides is 1. The molecule has 0 aliphatic carbocycles. The van der Waals surface area contributed by atoms with Crippen LogP contribution in [-0.2, 0) is 10.0 Å². The van der Waals surface area contributed by atoms with Gasteiger partial charge < -0.3 is 5.32 Å². The van der Waals surface area contributed by atoms with Gasteiger partial charge in [0.2, 0.25) is 10.0 Å². The molecular weight excluding hydrogens is 248 g/mol. The Labute approximate surface area is 110 Å². The lowest BCUT2D eigenvalue weighted by Gasteiger charge is -2.18. The number of nitrogens with two attached hydrogens (primary N) is 1. The Balaban J connectivity index is 2.79. The smallest absolute Gasteiger partial charge is 0.240 e. The number of nitrogens with one attached hydrogen (secondary N) is 1. The van der Waals surface area contributed by atoms with Crippen LogP contribution < -0.4 is 10.5 Å². The molecule has 0 heterocycles. The van der Waals surface area contributed by atoms with Gasteiger partial charge in [0.15, 0.2) is 0 Å². The topological polar surface area (TPSA) is 72.2 Å². The van der Waals surface area contributed by atoms with E-state index >= 15 is 0 Å². The predicted octanol–water partition coefficient (Wildman–Crippen LogP) is 2.57. The second-order valence-corrected chi connectivity index (χ2v) is 6.59. The first-order valence-corrected chi connectivity index (χ1v) is 7.73. The van der Waals surface area contributed by atoms with E-state index in [0.717, 1.165) is 12.8 Å². The molecule has 5 heteroatoms. The van der Waals surface area contributed by atoms with E-state index in [9.17, 15) is 8.42 Å². The van der Waals surface area contributed by atoms with Crippen molar-refractivity contribution in [3.05, 3.63) is 24.3 Å². The fourth-order valence-electron chi connectivity index (χ4n) is 1.75. The highest BCUT2D eigenvalue weighted by molar-refractivity contribution is 7.89. The van der Waals surface area contributed by atoms with Gasteiger partial charge >= 0.3 is 0 Å². The Hall–Kier alpha value is -1.07. The van der Waals surface area contributed by atoms with E-state index in [-0.39, 0.29) is 10.9 Å². The molecule has 18 heavy (non-hydrogen) atoms. The quantitative estimate of drug-likeness (QED) is 0.834. The number of anilines is 1. The van der Waals surface area contributed by atoms with Crippen molar-refractivity contribution >= 4 is 15.7 Å². The first-order chi connectivity index (χ1) is 8.30. The predicted molar refractivity (Wildman–Crippen MR) is 75.0 cm³/mol. The summed E-state index contributed by atoms with van der Waals surface area (Å²) in [4.78, 5) is 0.154. The van der Waals surface area contributed by atoms with Crippen LogP contribution >= 0.6 is 0 Å². The molecular formula is C13H22N2O2S. The van der Waals surface area contributed by atoms with Crippen molar-refractivity contribution in [3.63, 3.8) is 0 Å². The van der Waals surface area contributed by atoms with Crippen LogP contribution in [0.2, 0.25) is 0 Å². The summed E-state index contributed by atoms with van der Waals surface area (Å²) in [5.74, 6) is 0.641. The first-order valence-electron chi connectivity index (χ1n) is 6.19. The summed E-state index contributed by atoms with van der Waals surface area (Å²) in [6, 6.07) is 6.95. The van der Waals surface area contributed by atoms with Gasteiger partial charge in [-0.25, -0.2) is 13.6 Å². The number of para-hydroxylation sites is 1. The van der Waals surface area contributed by atoms with Crippen molar-refractivity contribution in [2.45, 2.75) is 44.6 Å². The van der Waals surface area contributed by atoms with Crippen LogP contribution in [0.4, 0.5) is 5.69 Å². The maximum Gasteiger partial charge on any atom is 0.240 e. The molecule has 0 radical (unpaired) electrons. The van der Waals surface area contributed by atoms with Crippen molar-refractivity contribution < 1.29 is 8.42 Å². The number of hydrogen-bond donors (Lipinski definition) is 2. The fraction of sp³-hybridized carbons (Fsp3) is 0.538. The molecule has 0 aliphatic heterocycles. The molecule has 1 aromatic carbocycles. The minimum absolute atomic E-state index is 0.154. The van der Waals surface area contributed by atoms with Gasteiger partial charge in [-0.1, -0.05) is 26.0 Å². The third-order valence-corrected chi connectivity index (χ3v) is 3.74. The van der Waals surface area contributed by atoms with E-state index in [1.807, 2.05) is 6.92 Å². The molecule has 1 rings (SSSR count). The summed E-state index contributed by atoms with van der Waals surface area (Å²) >= 11 is 0. The molecule has 0 fully saturated rings. The maximum atomic E-state index is 11.4. The van der Waals surface area contributed by atoms with E-state index < -0.39 is 10.0 Å². The van der Waals surface area contributed by atoms with Gasteiger partial charge in [-0.05, 0) is 37.8 Å². The van der Waals surface area contributed by atoms with Gasteiger partial charge in [0.25, 0.3) is 0 Å². The highest BCUT2D eigenvalue weighted by Crippen LogP contribution is 2.21. The number of rotatable bonds is 6. The van der Waals surface area contributed by atoms with Crippen LogP contribution in [0.25, 0.3) is 0 Å². The van der Waals surface area contributed by atoms with Crippen molar-refractivity contribution in [2.75, 3.05) is 5.32 Å². The Kier molecular flexibility index (Phi) is 5.16. The van der Waals surface area contributed by atoms with Crippen LogP contribution in [0.1, 0.15) is 33.6 Å². The van der Waals surface area contributed by atoms with Crippen molar-refractivity contribution in [1.29, 1.82) is 0 Å². The van der Waals surface area contributed by atoms with E-state index in [0.29, 0.717) is 11.6 Å². The van der Waals surface area contributed by atoms with E-state index in [2.05, 4.69) is 19.2 Å². The highest BCUT2D eigenvalue weighted by atomic mass is 32.2. The van der Waals surface area contributed by atoms with E-state index in [1.165, 1.54) is 6.07 Å². The van der Waals surface area contributed by atoms with Gasteiger partial charge in [-0.15, -0.1) is 0 Å². The summed E-state index contributed by atoms with van der Waals surface area (Å²) in [5, 5.41) is 8.40. The third kappa shape index (κ3) is 4.66. The fourth-order valence-corrected chi connectivity index (χ4v) is 2.46. The zero-order chi connectivity index (χ0) is 13.8. The second-order valence-electron chi connectivity index (χ2n) is 5.06. The molecule has 0 amide bonds. The molecule has 0 aliphatic rings. The number of hydrogen-bond acceptors (Lipinski definition) is 3. The molecule has 0 saturated heterocycles. The molecule has 0 bridgehead atoms. The average Bonchev–Trinajstić information content (AvgIpc) is 2.25. The van der Waals surface area contributed by atoms with Crippen LogP contribution in [0, 0.1) is 5.92 Å². The monoisotopic (exact) mass is 270 g/mol. The minimum Gasteiger partial charge on any atom is -0.381 e. The van der Waals surface area contributed by atoms with Crippen molar-refractivity contribution in [2.24, 2.45) is 11.1 Å². The zero-order valence-corrected chi connectivity index (χ0v) is 12.0. The van der Waals surface area contributed by atoms with Crippen LogP contribution in [0.15, 0.2) is 29.2 Å². The van der Waals surface area contributed by atoms with Crippen molar-refractivity contribution in [3.8, 4) is 0 Å². The highest BCUT2D eigenvalue weighted by Gasteiger charge is 2.14. The Bertz CT molecular complexity index is 484. The van der Waals surface area contributed by atoms with Gasteiger partial charge in [-0.2, -0.15) is 0 Å². The largest absolute Gasteiger partial charge is 0.381 e. The van der Waals surface area contributed by atoms with E-state index in [1.54, 1.807) is 18.2 Å². The molecule has 102 valence electrons. The van der Waals surface area contributed by atoms with Gasteiger partial charge in [0, 0.05) is 6.04 Å². The number of primary sulfonamides is 1. The first kappa shape index (κ1) is 15.0. The SMILES string of the molecule is CC(C)CCC(C)Nc1ccccc1S(N)(=O)=O. The van der Waals surface area contributed by atoms with Gasteiger partial charge in [0.05, 0.1) is 5.69 Å². The van der Waals surface area contributed by atoms with Gasteiger partial charge in [-0.3, -0.25) is 0 Å². The summed E-state index contributed by atoms with van der Waals surface area (Å²) in [6.07, 6.45) is 2.10. The van der Waals surface area contributed by atoms with Gasteiger partial charge in [0.1, 0.15) is 4.90 Å². The lowest BCUT2D eigenvalue weighted by atomic mass is 10.0. The van der Waals surface area contributed by atoms with Crippen LogP contribution in [0.3, 0.4) is 0 Å². The lowest BCUT2D eigenvalue weighted by Crippen LogP contribution is -2.20. The summed E-state index contributed by atoms with van der Waals surface area (Å²) < 4.78 is 22.9. The van der Waals surface area contributed by atoms with Crippen LogP contribution in [-0.4, -0.2) is 14.5 Å². The standard InChI is InChI=1S/C13H22N2O2S/c1-10(2)8-9-11(3)15-12-6-4-5-7-13(12)18(14,16)17/h4-7,10-11,15H,8-9H2,1-3H3,(H2,14,16,17). The molecule has 0 saturated carbocycles. The molecule has 0 spiro atoms. The van der Waals surface area contributed by atoms with E-state index in [4.69, 9.17) is 5.14 Å². The average molecular weight is 270 g/mol. The Morgan fingerprint density at radius 3 is 2.33 bits per heavy atom. The zero-order valence-electron chi connectivity index (χ0n) is 11.2. The molecule has 4 nitrogen and oxygen atoms in total. The molecule has 3 N–H and O–H groups in total. The molecule has 1 unspecified atom stereocenters. The third-order valence-electron chi connectivity index (χ3n) is 2.77. The lowest BCUT2D eigenvalue weighted by molar-refractivity contribution is 0.527. The Morgan fingerprint density at radius 1 is 1.17 bits per heavy atom. The molecule has 0 aromatic heterocycles. The maximum absolute atomic E-state index is 11.4. The Morgan fingerprint density at radius 2 is 1.78 bits per heavy atom.